The summed E-state index contributed by atoms with van der Waals surface area (Å²) >= 11 is 1.54. The highest BCUT2D eigenvalue weighted by Gasteiger charge is 2.42. The highest BCUT2D eigenvalue weighted by molar-refractivity contribution is 8.13. The number of carbonyl (C=O) groups is 2. The predicted octanol–water partition coefficient (Wildman–Crippen LogP) is 4.19. The number of thioether (sulfide) groups is 1. The first-order valence-electron chi connectivity index (χ1n) is 10.7. The van der Waals surface area contributed by atoms with Crippen LogP contribution in [0.3, 0.4) is 0 Å². The molecule has 0 saturated heterocycles. The van der Waals surface area contributed by atoms with Crippen LogP contribution in [0.1, 0.15) is 28.9 Å². The zero-order valence-electron chi connectivity index (χ0n) is 18.0. The molecule has 2 amide bonds. The Morgan fingerprint density at radius 2 is 1.91 bits per heavy atom. The van der Waals surface area contributed by atoms with E-state index in [2.05, 4.69) is 41.5 Å². The summed E-state index contributed by atoms with van der Waals surface area (Å²) in [5.74, 6) is 1.32. The highest BCUT2D eigenvalue weighted by atomic mass is 32.2. The molecule has 2 aliphatic heterocycles. The van der Waals surface area contributed by atoms with Crippen LogP contribution >= 0.6 is 11.8 Å². The lowest BCUT2D eigenvalue weighted by Crippen LogP contribution is -2.45. The predicted molar refractivity (Wildman–Crippen MR) is 128 cm³/mol. The van der Waals surface area contributed by atoms with Gasteiger partial charge in [-0.15, -0.1) is 0 Å². The molecule has 2 aromatic carbocycles. The van der Waals surface area contributed by atoms with E-state index in [1.54, 1.807) is 18.4 Å². The molecule has 3 aromatic rings. The first kappa shape index (κ1) is 21.2. The molecule has 0 saturated carbocycles. The number of hydrogen-bond donors (Lipinski definition) is 1. The Labute approximate surface area is 195 Å². The SMILES string of the molecule is Cc1ccc(CSC2=Nc3ccccc3C3=NC(=O)C(CC(=O)NCc4ccco4)N23)cc1. The molecule has 7 nitrogen and oxygen atoms in total. The number of para-hydroxylation sites is 1. The van der Waals surface area contributed by atoms with Gasteiger partial charge in [-0.1, -0.05) is 53.7 Å². The van der Waals surface area contributed by atoms with Gasteiger partial charge in [-0.2, -0.15) is 4.99 Å². The van der Waals surface area contributed by atoms with Gasteiger partial charge in [0.25, 0.3) is 5.91 Å². The molecule has 0 bridgehead atoms. The molecule has 1 aromatic heterocycles. The minimum Gasteiger partial charge on any atom is -0.467 e. The molecule has 1 N–H and O–H groups in total. The molecule has 3 heterocycles. The van der Waals surface area contributed by atoms with Crippen molar-refractivity contribution in [1.29, 1.82) is 0 Å². The summed E-state index contributed by atoms with van der Waals surface area (Å²) in [6, 6.07) is 18.8. The third kappa shape index (κ3) is 4.47. The molecule has 1 atom stereocenters. The number of fused-ring (bicyclic) bond motifs is 3. The Morgan fingerprint density at radius 3 is 2.70 bits per heavy atom. The zero-order chi connectivity index (χ0) is 22.8. The van der Waals surface area contributed by atoms with Crippen LogP contribution in [-0.2, 0) is 21.9 Å². The van der Waals surface area contributed by atoms with Crippen LogP contribution in [0.15, 0.2) is 81.3 Å². The quantitative estimate of drug-likeness (QED) is 0.599. The van der Waals surface area contributed by atoms with E-state index in [1.807, 2.05) is 29.2 Å². The molecule has 0 aliphatic carbocycles. The highest BCUT2D eigenvalue weighted by Crippen LogP contribution is 2.35. The van der Waals surface area contributed by atoms with E-state index in [4.69, 9.17) is 9.41 Å². The van der Waals surface area contributed by atoms with E-state index in [0.29, 0.717) is 22.5 Å². The number of benzene rings is 2. The van der Waals surface area contributed by atoms with E-state index in [-0.39, 0.29) is 24.8 Å². The van der Waals surface area contributed by atoms with Crippen LogP contribution in [0.2, 0.25) is 0 Å². The largest absolute Gasteiger partial charge is 0.467 e. The second-order valence-corrected chi connectivity index (χ2v) is 8.85. The van der Waals surface area contributed by atoms with Gasteiger partial charge in [-0.3, -0.25) is 14.5 Å². The molecule has 2 aliphatic rings. The molecule has 0 fully saturated rings. The lowest BCUT2D eigenvalue weighted by atomic mass is 10.1. The Hall–Kier alpha value is -3.65. The average molecular weight is 459 g/mol. The van der Waals surface area contributed by atoms with Gasteiger partial charge in [0.05, 0.1) is 24.9 Å². The molecular weight excluding hydrogens is 436 g/mol. The maximum absolute atomic E-state index is 12.9. The van der Waals surface area contributed by atoms with Crippen molar-refractivity contribution in [3.8, 4) is 0 Å². The van der Waals surface area contributed by atoms with Gasteiger partial charge in [0, 0.05) is 11.3 Å². The maximum atomic E-state index is 12.9. The zero-order valence-corrected chi connectivity index (χ0v) is 18.8. The number of amidine groups is 2. The van der Waals surface area contributed by atoms with E-state index >= 15 is 0 Å². The number of amides is 2. The van der Waals surface area contributed by atoms with Gasteiger partial charge in [-0.25, -0.2) is 4.99 Å². The van der Waals surface area contributed by atoms with Gasteiger partial charge in [-0.05, 0) is 36.8 Å². The summed E-state index contributed by atoms with van der Waals surface area (Å²) in [4.78, 5) is 36.5. The number of hydrogen-bond acceptors (Lipinski definition) is 6. The smallest absolute Gasteiger partial charge is 0.271 e. The van der Waals surface area contributed by atoms with Crippen molar-refractivity contribution in [1.82, 2.24) is 10.2 Å². The lowest BCUT2D eigenvalue weighted by Gasteiger charge is -2.30. The molecule has 0 spiro atoms. The van der Waals surface area contributed by atoms with E-state index in [1.165, 1.54) is 17.3 Å². The minimum atomic E-state index is -0.728. The van der Waals surface area contributed by atoms with Crippen LogP contribution in [0.4, 0.5) is 5.69 Å². The van der Waals surface area contributed by atoms with Crippen LogP contribution in [0.5, 0.6) is 0 Å². The second-order valence-electron chi connectivity index (χ2n) is 7.91. The Balaban J connectivity index is 1.37. The van der Waals surface area contributed by atoms with Crippen molar-refractivity contribution in [2.75, 3.05) is 0 Å². The van der Waals surface area contributed by atoms with Crippen molar-refractivity contribution in [3.63, 3.8) is 0 Å². The van der Waals surface area contributed by atoms with Crippen molar-refractivity contribution in [2.24, 2.45) is 9.98 Å². The van der Waals surface area contributed by atoms with E-state index in [0.717, 1.165) is 16.8 Å². The minimum absolute atomic E-state index is 0.0151. The monoisotopic (exact) mass is 458 g/mol. The number of rotatable bonds is 6. The van der Waals surface area contributed by atoms with Crippen molar-refractivity contribution in [3.05, 3.63) is 89.4 Å². The van der Waals surface area contributed by atoms with Gasteiger partial charge in [0.2, 0.25) is 5.91 Å². The van der Waals surface area contributed by atoms with Crippen LogP contribution < -0.4 is 5.32 Å². The summed E-state index contributed by atoms with van der Waals surface area (Å²) in [7, 11) is 0. The number of aliphatic imine (C=N–C) groups is 2. The molecule has 0 radical (unpaired) electrons. The summed E-state index contributed by atoms with van der Waals surface area (Å²) in [6.45, 7) is 2.33. The molecule has 8 heteroatoms. The topological polar surface area (TPSA) is 87.3 Å². The summed E-state index contributed by atoms with van der Waals surface area (Å²) in [6.07, 6.45) is 1.54. The molecule has 5 rings (SSSR count). The van der Waals surface area contributed by atoms with Crippen LogP contribution in [0.25, 0.3) is 0 Å². The van der Waals surface area contributed by atoms with Crippen LogP contribution in [0, 0.1) is 6.92 Å². The fourth-order valence-electron chi connectivity index (χ4n) is 3.78. The number of nitrogens with zero attached hydrogens (tertiary/aromatic N) is 3. The first-order valence-corrected chi connectivity index (χ1v) is 11.6. The van der Waals surface area contributed by atoms with Gasteiger partial charge < -0.3 is 9.73 Å². The van der Waals surface area contributed by atoms with Gasteiger partial charge >= 0.3 is 0 Å². The fraction of sp³-hybridized carbons (Fsp3) is 0.200. The van der Waals surface area contributed by atoms with E-state index in [9.17, 15) is 9.59 Å². The number of aryl methyl sites for hydroxylation is 1. The molecule has 166 valence electrons. The Bertz CT molecular complexity index is 1250. The summed E-state index contributed by atoms with van der Waals surface area (Å²) < 4.78 is 5.26. The van der Waals surface area contributed by atoms with Crippen molar-refractivity contribution >= 4 is 40.3 Å². The average Bonchev–Trinajstić information content (AvgIpc) is 3.45. The Kier molecular flexibility index (Phi) is 5.83. The Morgan fingerprint density at radius 1 is 1.09 bits per heavy atom. The molecule has 1 unspecified atom stereocenters. The number of nitrogens with one attached hydrogen (secondary N) is 1. The molecule has 33 heavy (non-hydrogen) atoms. The standard InChI is InChI=1S/C25H22N4O3S/c1-16-8-10-17(11-9-16)15-33-25-27-20-7-3-2-6-19(20)23-28-24(31)21(29(23)25)13-22(30)26-14-18-5-4-12-32-18/h2-12,21H,13-15H2,1H3,(H,26,30). The van der Waals surface area contributed by atoms with Crippen molar-refractivity contribution < 1.29 is 14.0 Å². The lowest BCUT2D eigenvalue weighted by molar-refractivity contribution is -0.126. The second kappa shape index (κ2) is 9.07. The van der Waals surface area contributed by atoms with Crippen molar-refractivity contribution in [2.45, 2.75) is 31.7 Å². The number of carbonyl (C=O) groups excluding carboxylic acids is 2. The van der Waals surface area contributed by atoms with Crippen LogP contribution in [-0.4, -0.2) is 33.8 Å². The third-order valence-corrected chi connectivity index (χ3v) is 6.54. The third-order valence-electron chi connectivity index (χ3n) is 5.52. The summed E-state index contributed by atoms with van der Waals surface area (Å²) in [5.41, 5.74) is 3.93. The van der Waals surface area contributed by atoms with Gasteiger partial charge in [0.1, 0.15) is 17.6 Å². The first-order chi connectivity index (χ1) is 16.1. The number of furan rings is 1. The normalized spacial score (nSPS) is 16.7. The summed E-state index contributed by atoms with van der Waals surface area (Å²) in [5, 5.41) is 3.49. The van der Waals surface area contributed by atoms with E-state index < -0.39 is 6.04 Å². The fourth-order valence-corrected chi connectivity index (χ4v) is 4.78. The maximum Gasteiger partial charge on any atom is 0.271 e. The molecular formula is C25H22N4O3S. The van der Waals surface area contributed by atoms with Gasteiger partial charge in [0.15, 0.2) is 5.17 Å².